The minimum atomic E-state index is 0.439. The maximum absolute atomic E-state index is 5.69. The number of fused-ring (bicyclic) bond motifs is 1. The Labute approximate surface area is 112 Å². The Bertz CT molecular complexity index is 668. The smallest absolute Gasteiger partial charge is 0.259 e. The fourth-order valence-corrected chi connectivity index (χ4v) is 1.98. The molecular formula is C12H9BrN4O. The van der Waals surface area contributed by atoms with Crippen molar-refractivity contribution >= 4 is 21.6 Å². The quantitative estimate of drug-likeness (QED) is 0.746. The molecule has 90 valence electrons. The summed E-state index contributed by atoms with van der Waals surface area (Å²) in [7, 11) is 0. The van der Waals surface area contributed by atoms with Gasteiger partial charge in [-0.1, -0.05) is 0 Å². The van der Waals surface area contributed by atoms with Crippen LogP contribution in [-0.2, 0) is 6.61 Å². The van der Waals surface area contributed by atoms with E-state index in [0.717, 1.165) is 5.56 Å². The number of hydrogen-bond acceptors (Lipinski definition) is 4. The van der Waals surface area contributed by atoms with Crippen molar-refractivity contribution in [3.63, 3.8) is 0 Å². The molecule has 0 radical (unpaired) electrons. The number of aromatic nitrogens is 4. The summed E-state index contributed by atoms with van der Waals surface area (Å²) in [6, 6.07) is 3.81. The monoisotopic (exact) mass is 304 g/mol. The molecule has 0 atom stereocenters. The van der Waals surface area contributed by atoms with Crippen LogP contribution >= 0.6 is 15.9 Å². The van der Waals surface area contributed by atoms with Crippen LogP contribution in [0.3, 0.4) is 0 Å². The second-order valence-corrected chi connectivity index (χ2v) is 4.48. The van der Waals surface area contributed by atoms with Gasteiger partial charge in [0.2, 0.25) is 5.65 Å². The summed E-state index contributed by atoms with van der Waals surface area (Å²) in [4.78, 5) is 12.5. The van der Waals surface area contributed by atoms with Crippen LogP contribution in [0.1, 0.15) is 5.56 Å². The van der Waals surface area contributed by atoms with Crippen molar-refractivity contribution in [2.24, 2.45) is 0 Å². The highest BCUT2D eigenvalue weighted by Crippen LogP contribution is 2.19. The predicted molar refractivity (Wildman–Crippen MR) is 69.3 cm³/mol. The molecule has 0 aromatic carbocycles. The van der Waals surface area contributed by atoms with Gasteiger partial charge in [0.1, 0.15) is 11.2 Å². The SMILES string of the molecule is Brc1cn2ccnc2c(OCc2ccncc2)n1. The van der Waals surface area contributed by atoms with Crippen molar-refractivity contribution in [1.82, 2.24) is 19.4 Å². The van der Waals surface area contributed by atoms with Crippen molar-refractivity contribution in [3.8, 4) is 5.88 Å². The lowest BCUT2D eigenvalue weighted by Crippen LogP contribution is -2.00. The van der Waals surface area contributed by atoms with Crippen LogP contribution in [0.5, 0.6) is 5.88 Å². The molecule has 3 rings (SSSR count). The van der Waals surface area contributed by atoms with Gasteiger partial charge in [-0.25, -0.2) is 9.97 Å². The Hall–Kier alpha value is -1.95. The second kappa shape index (κ2) is 4.73. The van der Waals surface area contributed by atoms with Crippen LogP contribution in [0.2, 0.25) is 0 Å². The van der Waals surface area contributed by atoms with E-state index in [2.05, 4.69) is 30.9 Å². The first-order chi connectivity index (χ1) is 8.83. The molecule has 3 aromatic rings. The van der Waals surface area contributed by atoms with Gasteiger partial charge in [0.15, 0.2) is 0 Å². The van der Waals surface area contributed by atoms with Crippen molar-refractivity contribution in [2.45, 2.75) is 6.61 Å². The van der Waals surface area contributed by atoms with E-state index >= 15 is 0 Å². The highest BCUT2D eigenvalue weighted by Gasteiger charge is 2.07. The highest BCUT2D eigenvalue weighted by molar-refractivity contribution is 9.10. The van der Waals surface area contributed by atoms with Gasteiger partial charge in [-0.2, -0.15) is 0 Å². The van der Waals surface area contributed by atoms with E-state index in [-0.39, 0.29) is 0 Å². The summed E-state index contributed by atoms with van der Waals surface area (Å²) >= 11 is 3.34. The molecule has 0 bridgehead atoms. The summed E-state index contributed by atoms with van der Waals surface area (Å²) < 4.78 is 8.26. The number of ether oxygens (including phenoxy) is 1. The van der Waals surface area contributed by atoms with E-state index in [0.29, 0.717) is 22.7 Å². The van der Waals surface area contributed by atoms with Crippen molar-refractivity contribution in [3.05, 3.63) is 53.3 Å². The zero-order valence-electron chi connectivity index (χ0n) is 9.32. The van der Waals surface area contributed by atoms with Crippen LogP contribution in [0.15, 0.2) is 47.7 Å². The first kappa shape index (κ1) is 11.2. The highest BCUT2D eigenvalue weighted by atomic mass is 79.9. The average molecular weight is 305 g/mol. The number of pyridine rings is 1. The summed E-state index contributed by atoms with van der Waals surface area (Å²) in [6.07, 6.45) is 8.86. The first-order valence-electron chi connectivity index (χ1n) is 5.34. The molecule has 0 N–H and O–H groups in total. The van der Waals surface area contributed by atoms with Crippen LogP contribution < -0.4 is 4.74 Å². The lowest BCUT2D eigenvalue weighted by atomic mass is 10.3. The molecule has 0 spiro atoms. The van der Waals surface area contributed by atoms with Gasteiger partial charge in [-0.15, -0.1) is 0 Å². The van der Waals surface area contributed by atoms with Gasteiger partial charge in [0, 0.05) is 31.0 Å². The largest absolute Gasteiger partial charge is 0.470 e. The van der Waals surface area contributed by atoms with Crippen LogP contribution in [0, 0.1) is 0 Å². The third-order valence-electron chi connectivity index (χ3n) is 2.44. The minimum absolute atomic E-state index is 0.439. The van der Waals surface area contributed by atoms with Gasteiger partial charge in [0.25, 0.3) is 5.88 Å². The van der Waals surface area contributed by atoms with Gasteiger partial charge >= 0.3 is 0 Å². The standard InChI is InChI=1S/C12H9BrN4O/c13-10-7-17-6-5-15-11(17)12(16-10)18-8-9-1-3-14-4-2-9/h1-7H,8H2. The topological polar surface area (TPSA) is 52.3 Å². The van der Waals surface area contributed by atoms with E-state index in [4.69, 9.17) is 4.74 Å². The van der Waals surface area contributed by atoms with Crippen molar-refractivity contribution < 1.29 is 4.74 Å². The van der Waals surface area contributed by atoms with E-state index in [1.165, 1.54) is 0 Å². The third kappa shape index (κ3) is 2.19. The molecule has 0 fully saturated rings. The molecule has 3 aromatic heterocycles. The van der Waals surface area contributed by atoms with Crippen molar-refractivity contribution in [2.75, 3.05) is 0 Å². The molecule has 0 unspecified atom stereocenters. The molecule has 0 aliphatic rings. The number of imidazole rings is 1. The normalized spacial score (nSPS) is 10.7. The molecule has 6 heteroatoms. The summed E-state index contributed by atoms with van der Waals surface area (Å²) in [5.41, 5.74) is 1.74. The molecule has 5 nitrogen and oxygen atoms in total. The maximum Gasteiger partial charge on any atom is 0.259 e. The maximum atomic E-state index is 5.69. The fourth-order valence-electron chi connectivity index (χ4n) is 1.60. The first-order valence-corrected chi connectivity index (χ1v) is 6.13. The number of hydrogen-bond donors (Lipinski definition) is 0. The molecule has 18 heavy (non-hydrogen) atoms. The van der Waals surface area contributed by atoms with E-state index in [1.54, 1.807) is 18.6 Å². The lowest BCUT2D eigenvalue weighted by Gasteiger charge is -2.06. The Morgan fingerprint density at radius 3 is 2.89 bits per heavy atom. The van der Waals surface area contributed by atoms with Crippen LogP contribution in [-0.4, -0.2) is 19.4 Å². The second-order valence-electron chi connectivity index (χ2n) is 3.67. The Morgan fingerprint density at radius 1 is 1.22 bits per heavy atom. The minimum Gasteiger partial charge on any atom is -0.470 e. The van der Waals surface area contributed by atoms with Crippen LogP contribution in [0.4, 0.5) is 0 Å². The molecular weight excluding hydrogens is 296 g/mol. The summed E-state index contributed by atoms with van der Waals surface area (Å²) in [5, 5.41) is 0. The summed E-state index contributed by atoms with van der Waals surface area (Å²) in [5.74, 6) is 0.506. The molecule has 0 aliphatic carbocycles. The zero-order chi connectivity index (χ0) is 12.4. The van der Waals surface area contributed by atoms with Gasteiger partial charge in [0.05, 0.1) is 0 Å². The molecule has 0 aliphatic heterocycles. The number of nitrogens with zero attached hydrogens (tertiary/aromatic N) is 4. The Balaban J connectivity index is 1.88. The summed E-state index contributed by atoms with van der Waals surface area (Å²) in [6.45, 7) is 0.439. The fraction of sp³-hybridized carbons (Fsp3) is 0.0833. The van der Waals surface area contributed by atoms with Gasteiger partial charge in [-0.05, 0) is 33.6 Å². The third-order valence-corrected chi connectivity index (χ3v) is 2.82. The van der Waals surface area contributed by atoms with Gasteiger partial charge in [-0.3, -0.25) is 9.38 Å². The number of rotatable bonds is 3. The molecule has 0 amide bonds. The molecule has 0 saturated heterocycles. The lowest BCUT2D eigenvalue weighted by molar-refractivity contribution is 0.295. The Morgan fingerprint density at radius 2 is 2.06 bits per heavy atom. The zero-order valence-corrected chi connectivity index (χ0v) is 10.9. The van der Waals surface area contributed by atoms with Gasteiger partial charge < -0.3 is 4.74 Å². The molecule has 0 saturated carbocycles. The number of halogens is 1. The van der Waals surface area contributed by atoms with E-state index in [9.17, 15) is 0 Å². The average Bonchev–Trinajstić information content (AvgIpc) is 2.85. The van der Waals surface area contributed by atoms with E-state index < -0.39 is 0 Å². The van der Waals surface area contributed by atoms with Crippen molar-refractivity contribution in [1.29, 1.82) is 0 Å². The van der Waals surface area contributed by atoms with E-state index in [1.807, 2.05) is 28.9 Å². The van der Waals surface area contributed by atoms with Crippen LogP contribution in [0.25, 0.3) is 5.65 Å². The Kier molecular flexibility index (Phi) is 2.93. The molecule has 3 heterocycles. The predicted octanol–water partition coefficient (Wildman–Crippen LogP) is 2.47.